The lowest BCUT2D eigenvalue weighted by molar-refractivity contribution is 0.0705. The van der Waals surface area contributed by atoms with E-state index in [4.69, 9.17) is 0 Å². The summed E-state index contributed by atoms with van der Waals surface area (Å²) in [6, 6.07) is 6.26. The summed E-state index contributed by atoms with van der Waals surface area (Å²) in [7, 11) is 0. The Morgan fingerprint density at radius 1 is 1.17 bits per heavy atom. The number of carbonyl (C=O) groups excluding carboxylic acids is 1. The average molecular weight is 321 g/mol. The Morgan fingerprint density at radius 2 is 2.04 bits per heavy atom. The van der Waals surface area contributed by atoms with Gasteiger partial charge in [0.05, 0.1) is 11.4 Å². The van der Waals surface area contributed by atoms with Crippen LogP contribution in [0.25, 0.3) is 0 Å². The van der Waals surface area contributed by atoms with Gasteiger partial charge in [0.25, 0.3) is 5.91 Å². The number of hydrogen-bond donors (Lipinski definition) is 0. The Balaban J connectivity index is 1.52. The third-order valence-corrected chi connectivity index (χ3v) is 5.25. The molecule has 1 aliphatic carbocycles. The molecule has 1 aliphatic heterocycles. The predicted octanol–water partition coefficient (Wildman–Crippen LogP) is 3.29. The molecule has 2 heterocycles. The number of aryl methyl sites for hydroxylation is 3. The van der Waals surface area contributed by atoms with E-state index < -0.39 is 0 Å². The normalized spacial score (nSPS) is 20.0. The topological polar surface area (TPSA) is 46.1 Å². The van der Waals surface area contributed by atoms with Crippen LogP contribution < -0.4 is 0 Å². The number of amides is 1. The van der Waals surface area contributed by atoms with Crippen molar-refractivity contribution >= 4 is 5.91 Å². The number of rotatable bonds is 2. The van der Waals surface area contributed by atoms with Crippen molar-refractivity contribution < 1.29 is 4.79 Å². The maximum Gasteiger partial charge on any atom is 0.253 e. The zero-order valence-electron chi connectivity index (χ0n) is 14.2. The van der Waals surface area contributed by atoms with Crippen LogP contribution in [-0.2, 0) is 12.8 Å². The summed E-state index contributed by atoms with van der Waals surface area (Å²) >= 11 is 0. The third kappa shape index (κ3) is 2.93. The van der Waals surface area contributed by atoms with Crippen LogP contribution in [0.1, 0.15) is 58.1 Å². The van der Waals surface area contributed by atoms with Crippen LogP contribution in [0.3, 0.4) is 0 Å². The molecule has 4 heteroatoms. The number of hydrogen-bond acceptors (Lipinski definition) is 3. The molecule has 1 aromatic heterocycles. The van der Waals surface area contributed by atoms with E-state index >= 15 is 0 Å². The van der Waals surface area contributed by atoms with Crippen molar-refractivity contribution in [1.82, 2.24) is 14.9 Å². The summed E-state index contributed by atoms with van der Waals surface area (Å²) in [5, 5.41) is 0. The number of aromatic nitrogens is 2. The van der Waals surface area contributed by atoms with Gasteiger partial charge in [-0.3, -0.25) is 14.8 Å². The van der Waals surface area contributed by atoms with Crippen molar-refractivity contribution in [2.24, 2.45) is 0 Å². The van der Waals surface area contributed by atoms with Gasteiger partial charge in [0.2, 0.25) is 0 Å². The predicted molar refractivity (Wildman–Crippen MR) is 93.1 cm³/mol. The number of carbonyl (C=O) groups is 1. The summed E-state index contributed by atoms with van der Waals surface area (Å²) in [6.45, 7) is 3.55. The summed E-state index contributed by atoms with van der Waals surface area (Å²) in [5.41, 5.74) is 5.57. The monoisotopic (exact) mass is 321 g/mol. The summed E-state index contributed by atoms with van der Waals surface area (Å²) < 4.78 is 0. The van der Waals surface area contributed by atoms with E-state index in [-0.39, 0.29) is 5.91 Å². The molecule has 0 unspecified atom stereocenters. The van der Waals surface area contributed by atoms with Crippen molar-refractivity contribution in [3.63, 3.8) is 0 Å². The molecule has 0 spiro atoms. The maximum atomic E-state index is 12.9. The van der Waals surface area contributed by atoms with Crippen LogP contribution in [0.15, 0.2) is 30.6 Å². The SMILES string of the molecule is Cc1cncc([C@H]2CCCN(C(=O)c3ccc4c(c3)CCC4)C2)n1. The van der Waals surface area contributed by atoms with Crippen molar-refractivity contribution in [2.75, 3.05) is 13.1 Å². The van der Waals surface area contributed by atoms with Crippen molar-refractivity contribution in [1.29, 1.82) is 0 Å². The minimum absolute atomic E-state index is 0.162. The van der Waals surface area contributed by atoms with E-state index in [1.54, 1.807) is 6.20 Å². The highest BCUT2D eigenvalue weighted by molar-refractivity contribution is 5.94. The smallest absolute Gasteiger partial charge is 0.253 e. The van der Waals surface area contributed by atoms with Crippen molar-refractivity contribution in [2.45, 2.75) is 44.9 Å². The van der Waals surface area contributed by atoms with E-state index in [9.17, 15) is 4.79 Å². The van der Waals surface area contributed by atoms with Crippen LogP contribution in [-0.4, -0.2) is 33.9 Å². The lowest BCUT2D eigenvalue weighted by Crippen LogP contribution is -2.39. The minimum Gasteiger partial charge on any atom is -0.338 e. The van der Waals surface area contributed by atoms with E-state index in [1.807, 2.05) is 24.1 Å². The first-order chi connectivity index (χ1) is 11.7. The minimum atomic E-state index is 0.162. The molecule has 0 N–H and O–H groups in total. The van der Waals surface area contributed by atoms with E-state index in [2.05, 4.69) is 22.1 Å². The Morgan fingerprint density at radius 3 is 2.92 bits per heavy atom. The van der Waals surface area contributed by atoms with Crippen LogP contribution in [0, 0.1) is 6.92 Å². The molecule has 1 aromatic carbocycles. The van der Waals surface area contributed by atoms with Crippen molar-refractivity contribution in [3.8, 4) is 0 Å². The molecule has 124 valence electrons. The second kappa shape index (κ2) is 6.34. The molecule has 1 fully saturated rings. The number of nitrogens with zero attached hydrogens (tertiary/aromatic N) is 3. The Labute approximate surface area is 142 Å². The molecule has 4 nitrogen and oxygen atoms in total. The summed E-state index contributed by atoms with van der Waals surface area (Å²) in [5.74, 6) is 0.458. The fourth-order valence-electron chi connectivity index (χ4n) is 3.97. The van der Waals surface area contributed by atoms with Crippen LogP contribution in [0.5, 0.6) is 0 Å². The maximum absolute atomic E-state index is 12.9. The molecule has 1 saturated heterocycles. The number of piperidine rings is 1. The number of benzene rings is 1. The largest absolute Gasteiger partial charge is 0.338 e. The molecule has 1 amide bonds. The van der Waals surface area contributed by atoms with Crippen molar-refractivity contribution in [3.05, 3.63) is 58.7 Å². The number of fused-ring (bicyclic) bond motifs is 1. The fourth-order valence-corrected chi connectivity index (χ4v) is 3.97. The van der Waals surface area contributed by atoms with Gasteiger partial charge in [-0.1, -0.05) is 6.07 Å². The van der Waals surface area contributed by atoms with Gasteiger partial charge >= 0.3 is 0 Å². The van der Waals surface area contributed by atoms with E-state index in [1.165, 1.54) is 17.5 Å². The highest BCUT2D eigenvalue weighted by atomic mass is 16.2. The Kier molecular flexibility index (Phi) is 4.05. The first-order valence-corrected chi connectivity index (χ1v) is 8.90. The molecule has 2 aliphatic rings. The van der Waals surface area contributed by atoms with E-state index in [0.717, 1.165) is 55.7 Å². The molecule has 0 bridgehead atoms. The summed E-state index contributed by atoms with van der Waals surface area (Å²) in [4.78, 5) is 23.8. The second-order valence-electron chi connectivity index (χ2n) is 7.01. The lowest BCUT2D eigenvalue weighted by atomic mass is 9.94. The van der Waals surface area contributed by atoms with Gasteiger partial charge in [-0.2, -0.15) is 0 Å². The molecule has 24 heavy (non-hydrogen) atoms. The van der Waals surface area contributed by atoms with E-state index in [0.29, 0.717) is 5.92 Å². The lowest BCUT2D eigenvalue weighted by Gasteiger charge is -2.32. The molecule has 0 saturated carbocycles. The van der Waals surface area contributed by atoms with Gasteiger partial charge in [0.1, 0.15) is 0 Å². The molecular formula is C20H23N3O. The fraction of sp³-hybridized carbons (Fsp3) is 0.450. The quantitative estimate of drug-likeness (QED) is 0.852. The zero-order chi connectivity index (χ0) is 16.5. The van der Waals surface area contributed by atoms with Gasteiger partial charge in [0.15, 0.2) is 0 Å². The van der Waals surface area contributed by atoms with Gasteiger partial charge in [0, 0.05) is 37.0 Å². The van der Waals surface area contributed by atoms with Gasteiger partial charge in [-0.15, -0.1) is 0 Å². The highest BCUT2D eigenvalue weighted by Gasteiger charge is 2.27. The zero-order valence-corrected chi connectivity index (χ0v) is 14.2. The first kappa shape index (κ1) is 15.3. The Hall–Kier alpha value is -2.23. The second-order valence-corrected chi connectivity index (χ2v) is 7.01. The molecule has 1 atom stereocenters. The van der Waals surface area contributed by atoms with Crippen LogP contribution >= 0.6 is 0 Å². The van der Waals surface area contributed by atoms with Crippen LogP contribution in [0.4, 0.5) is 0 Å². The highest BCUT2D eigenvalue weighted by Crippen LogP contribution is 2.28. The molecule has 4 rings (SSSR count). The first-order valence-electron chi connectivity index (χ1n) is 8.90. The molecular weight excluding hydrogens is 298 g/mol. The van der Waals surface area contributed by atoms with Crippen LogP contribution in [0.2, 0.25) is 0 Å². The Bertz CT molecular complexity index is 771. The molecule has 2 aromatic rings. The molecule has 0 radical (unpaired) electrons. The number of likely N-dealkylation sites (tertiary alicyclic amines) is 1. The van der Waals surface area contributed by atoms with Gasteiger partial charge in [-0.25, -0.2) is 0 Å². The third-order valence-electron chi connectivity index (χ3n) is 5.25. The standard InChI is InChI=1S/C20H23N3O/c1-14-11-21-12-19(22-14)18-6-3-9-23(13-18)20(24)17-8-7-15-4-2-5-16(15)10-17/h7-8,10-12,18H,2-6,9,13H2,1H3/t18-/m0/s1. The van der Waals surface area contributed by atoms with Gasteiger partial charge < -0.3 is 4.90 Å². The van der Waals surface area contributed by atoms with Gasteiger partial charge in [-0.05, 0) is 62.3 Å². The summed E-state index contributed by atoms with van der Waals surface area (Å²) in [6.07, 6.45) is 9.20. The average Bonchev–Trinajstić information content (AvgIpc) is 3.09.